The van der Waals surface area contributed by atoms with Gasteiger partial charge in [-0.05, 0) is 56.8 Å². The number of nitrogens with zero attached hydrogens (tertiary/aromatic N) is 5. The molecule has 2 fully saturated rings. The van der Waals surface area contributed by atoms with Gasteiger partial charge in [0.25, 0.3) is 0 Å². The first-order valence-corrected chi connectivity index (χ1v) is 9.83. The van der Waals surface area contributed by atoms with Gasteiger partial charge in [0.05, 0.1) is 0 Å². The van der Waals surface area contributed by atoms with Crippen LogP contribution in [0.1, 0.15) is 31.4 Å². The quantitative estimate of drug-likeness (QED) is 0.792. The van der Waals surface area contributed by atoms with E-state index in [1.807, 2.05) is 4.90 Å². The van der Waals surface area contributed by atoms with Crippen LogP contribution in [0.5, 0.6) is 0 Å². The standard InChI is InChI=1S/C20H24F3N5/c21-20(22,23)17-13-18(26-19(25-17)16-3-7-24-8-4-16)28-11-5-15(6-12-28)14-27-9-1-2-10-27/h3-4,7-8,13,15H,1-2,5-6,9-12,14H2. The molecule has 4 heterocycles. The summed E-state index contributed by atoms with van der Waals surface area (Å²) in [6.45, 7) is 4.91. The first kappa shape index (κ1) is 19.1. The zero-order chi connectivity index (χ0) is 19.6. The second-order valence-corrected chi connectivity index (χ2v) is 7.61. The maximum atomic E-state index is 13.4. The van der Waals surface area contributed by atoms with E-state index >= 15 is 0 Å². The zero-order valence-electron chi connectivity index (χ0n) is 15.7. The summed E-state index contributed by atoms with van der Waals surface area (Å²) in [7, 11) is 0. The largest absolute Gasteiger partial charge is 0.433 e. The monoisotopic (exact) mass is 391 g/mol. The van der Waals surface area contributed by atoms with Gasteiger partial charge in [-0.1, -0.05) is 0 Å². The summed E-state index contributed by atoms with van der Waals surface area (Å²) in [5.74, 6) is 1.05. The van der Waals surface area contributed by atoms with E-state index in [2.05, 4.69) is 19.9 Å². The van der Waals surface area contributed by atoms with Gasteiger partial charge in [0.1, 0.15) is 5.82 Å². The number of anilines is 1. The van der Waals surface area contributed by atoms with E-state index in [4.69, 9.17) is 0 Å². The Labute approximate surface area is 162 Å². The zero-order valence-corrected chi connectivity index (χ0v) is 15.7. The van der Waals surface area contributed by atoms with Gasteiger partial charge in [0.15, 0.2) is 11.5 Å². The molecule has 2 saturated heterocycles. The minimum Gasteiger partial charge on any atom is -0.356 e. The molecular weight excluding hydrogens is 367 g/mol. The summed E-state index contributed by atoms with van der Waals surface area (Å²) >= 11 is 0. The third kappa shape index (κ3) is 4.43. The highest BCUT2D eigenvalue weighted by atomic mass is 19.4. The maximum absolute atomic E-state index is 13.4. The predicted molar refractivity (Wildman–Crippen MR) is 101 cm³/mol. The van der Waals surface area contributed by atoms with Crippen molar-refractivity contribution in [3.63, 3.8) is 0 Å². The van der Waals surface area contributed by atoms with Crippen molar-refractivity contribution in [3.8, 4) is 11.4 Å². The van der Waals surface area contributed by atoms with Gasteiger partial charge >= 0.3 is 6.18 Å². The second kappa shape index (κ2) is 8.03. The van der Waals surface area contributed by atoms with E-state index in [0.717, 1.165) is 38.5 Å². The molecular formula is C20H24F3N5. The van der Waals surface area contributed by atoms with Crippen LogP contribution in [0.15, 0.2) is 30.6 Å². The highest BCUT2D eigenvalue weighted by Crippen LogP contribution is 2.33. The minimum atomic E-state index is -4.51. The molecule has 5 nitrogen and oxygen atoms in total. The molecule has 0 bridgehead atoms. The Bertz CT molecular complexity index is 782. The lowest BCUT2D eigenvalue weighted by atomic mass is 9.96. The summed E-state index contributed by atoms with van der Waals surface area (Å²) < 4.78 is 40.2. The minimum absolute atomic E-state index is 0.0893. The first-order chi connectivity index (χ1) is 13.5. The van der Waals surface area contributed by atoms with Crippen molar-refractivity contribution in [1.29, 1.82) is 0 Å². The lowest BCUT2D eigenvalue weighted by molar-refractivity contribution is -0.141. The average molecular weight is 391 g/mol. The van der Waals surface area contributed by atoms with Crippen LogP contribution in [-0.2, 0) is 6.18 Å². The number of pyridine rings is 1. The van der Waals surface area contributed by atoms with Gasteiger partial charge in [-0.25, -0.2) is 9.97 Å². The molecule has 2 aromatic rings. The van der Waals surface area contributed by atoms with Crippen molar-refractivity contribution in [3.05, 3.63) is 36.3 Å². The fourth-order valence-electron chi connectivity index (χ4n) is 4.05. The lowest BCUT2D eigenvalue weighted by Gasteiger charge is -2.34. The van der Waals surface area contributed by atoms with Crippen molar-refractivity contribution < 1.29 is 13.2 Å². The Morgan fingerprint density at radius 1 is 0.964 bits per heavy atom. The van der Waals surface area contributed by atoms with Crippen LogP contribution >= 0.6 is 0 Å². The van der Waals surface area contributed by atoms with E-state index < -0.39 is 11.9 Å². The van der Waals surface area contributed by atoms with Crippen LogP contribution in [0.3, 0.4) is 0 Å². The Balaban J connectivity index is 1.52. The second-order valence-electron chi connectivity index (χ2n) is 7.61. The summed E-state index contributed by atoms with van der Waals surface area (Å²) in [5, 5.41) is 0. The van der Waals surface area contributed by atoms with E-state index in [-0.39, 0.29) is 5.82 Å². The van der Waals surface area contributed by atoms with Gasteiger partial charge in [0, 0.05) is 43.7 Å². The molecule has 2 aliphatic heterocycles. The molecule has 150 valence electrons. The summed E-state index contributed by atoms with van der Waals surface area (Å²) in [4.78, 5) is 16.6. The van der Waals surface area contributed by atoms with E-state index in [9.17, 15) is 13.2 Å². The van der Waals surface area contributed by atoms with Crippen molar-refractivity contribution >= 4 is 5.82 Å². The number of likely N-dealkylation sites (tertiary alicyclic amines) is 1. The smallest absolute Gasteiger partial charge is 0.356 e. The molecule has 4 rings (SSSR count). The van der Waals surface area contributed by atoms with E-state index in [0.29, 0.717) is 17.3 Å². The van der Waals surface area contributed by atoms with Gasteiger partial charge in [-0.15, -0.1) is 0 Å². The molecule has 0 saturated carbocycles. The van der Waals surface area contributed by atoms with Crippen molar-refractivity contribution in [2.24, 2.45) is 5.92 Å². The van der Waals surface area contributed by atoms with Crippen molar-refractivity contribution in [2.75, 3.05) is 37.6 Å². The average Bonchev–Trinajstić information content (AvgIpc) is 3.21. The maximum Gasteiger partial charge on any atom is 0.433 e. The fourth-order valence-corrected chi connectivity index (χ4v) is 4.05. The SMILES string of the molecule is FC(F)(F)c1cc(N2CCC(CN3CCCC3)CC2)nc(-c2ccncc2)n1. The Kier molecular flexibility index (Phi) is 5.48. The fraction of sp³-hybridized carbons (Fsp3) is 0.550. The van der Waals surface area contributed by atoms with Crippen LogP contribution in [0.4, 0.5) is 19.0 Å². The molecule has 0 unspecified atom stereocenters. The van der Waals surface area contributed by atoms with E-state index in [1.165, 1.54) is 38.3 Å². The number of piperidine rings is 1. The summed E-state index contributed by atoms with van der Waals surface area (Å²) in [6, 6.07) is 4.33. The number of halogens is 3. The van der Waals surface area contributed by atoms with Crippen LogP contribution in [0, 0.1) is 5.92 Å². The molecule has 0 amide bonds. The third-order valence-corrected chi connectivity index (χ3v) is 5.60. The molecule has 0 N–H and O–H groups in total. The topological polar surface area (TPSA) is 45.2 Å². The normalized spacial score (nSPS) is 19.3. The summed E-state index contributed by atoms with van der Waals surface area (Å²) in [6.07, 6.45) is 3.06. The van der Waals surface area contributed by atoms with Crippen LogP contribution in [-0.4, -0.2) is 52.6 Å². The molecule has 0 aliphatic carbocycles. The van der Waals surface area contributed by atoms with Crippen LogP contribution in [0.25, 0.3) is 11.4 Å². The van der Waals surface area contributed by atoms with Gasteiger partial charge < -0.3 is 9.80 Å². The molecule has 0 atom stereocenters. The molecule has 28 heavy (non-hydrogen) atoms. The molecule has 8 heteroatoms. The Morgan fingerprint density at radius 3 is 2.29 bits per heavy atom. The van der Waals surface area contributed by atoms with Gasteiger partial charge in [-0.2, -0.15) is 13.2 Å². The number of aromatic nitrogens is 3. The molecule has 2 aliphatic rings. The highest BCUT2D eigenvalue weighted by Gasteiger charge is 2.35. The van der Waals surface area contributed by atoms with Crippen molar-refractivity contribution in [1.82, 2.24) is 19.9 Å². The van der Waals surface area contributed by atoms with Gasteiger partial charge in [0.2, 0.25) is 0 Å². The Hall–Kier alpha value is -2.22. The Morgan fingerprint density at radius 2 is 1.64 bits per heavy atom. The number of hydrogen-bond donors (Lipinski definition) is 0. The van der Waals surface area contributed by atoms with Crippen LogP contribution < -0.4 is 4.90 Å². The number of alkyl halides is 3. The summed E-state index contributed by atoms with van der Waals surface area (Å²) in [5.41, 5.74) is -0.366. The van der Waals surface area contributed by atoms with Crippen molar-refractivity contribution in [2.45, 2.75) is 31.9 Å². The third-order valence-electron chi connectivity index (χ3n) is 5.60. The van der Waals surface area contributed by atoms with E-state index in [1.54, 1.807) is 12.1 Å². The molecule has 0 spiro atoms. The number of hydrogen-bond acceptors (Lipinski definition) is 5. The molecule has 0 aromatic carbocycles. The predicted octanol–water partition coefficient (Wildman–Crippen LogP) is 3.87. The molecule has 2 aromatic heterocycles. The van der Waals surface area contributed by atoms with Gasteiger partial charge in [-0.3, -0.25) is 4.98 Å². The highest BCUT2D eigenvalue weighted by molar-refractivity contribution is 5.57. The first-order valence-electron chi connectivity index (χ1n) is 9.83. The lowest BCUT2D eigenvalue weighted by Crippen LogP contribution is -2.38. The molecule has 0 radical (unpaired) electrons. The number of rotatable bonds is 4. The van der Waals surface area contributed by atoms with Crippen LogP contribution in [0.2, 0.25) is 0 Å².